The van der Waals surface area contributed by atoms with Gasteiger partial charge in [0.2, 0.25) is 0 Å². The van der Waals surface area contributed by atoms with Gasteiger partial charge in [-0.3, -0.25) is 0 Å². The SMILES string of the molecule is CCc1cccc(-c2ccccc2N)c1.[HH]. The molecule has 2 N–H and O–H groups in total. The maximum Gasteiger partial charge on any atom is 0.0393 e. The normalized spacial score (nSPS) is 10.2. The molecule has 2 aromatic rings. The van der Waals surface area contributed by atoms with Gasteiger partial charge in [0.25, 0.3) is 0 Å². The van der Waals surface area contributed by atoms with E-state index in [-0.39, 0.29) is 1.43 Å². The Morgan fingerprint density at radius 1 is 1.07 bits per heavy atom. The molecule has 0 fully saturated rings. The van der Waals surface area contributed by atoms with Gasteiger partial charge in [-0.05, 0) is 23.6 Å². The average Bonchev–Trinajstić information content (AvgIpc) is 2.30. The average molecular weight is 199 g/mol. The standard InChI is InChI=1S/C14H15N.H2/c1-2-11-6-5-7-12(10-11)13-8-3-4-9-14(13)15;/h3-10H,2,15H2,1H3;1H. The molecule has 15 heavy (non-hydrogen) atoms. The first-order valence-electron chi connectivity index (χ1n) is 5.25. The molecule has 0 aliphatic heterocycles. The van der Waals surface area contributed by atoms with E-state index in [1.807, 2.05) is 18.2 Å². The second kappa shape index (κ2) is 4.18. The Morgan fingerprint density at radius 2 is 1.87 bits per heavy atom. The van der Waals surface area contributed by atoms with Crippen molar-refractivity contribution in [3.05, 3.63) is 54.1 Å². The Bertz CT molecular complexity index is 466. The van der Waals surface area contributed by atoms with Gasteiger partial charge in [-0.1, -0.05) is 49.4 Å². The Labute approximate surface area is 92.0 Å². The van der Waals surface area contributed by atoms with E-state index in [1.54, 1.807) is 0 Å². The minimum atomic E-state index is 0. The van der Waals surface area contributed by atoms with E-state index in [0.717, 1.165) is 17.7 Å². The summed E-state index contributed by atoms with van der Waals surface area (Å²) in [5.74, 6) is 0. The van der Waals surface area contributed by atoms with E-state index in [9.17, 15) is 0 Å². The molecule has 0 aromatic heterocycles. The highest BCUT2D eigenvalue weighted by Gasteiger charge is 2.01. The van der Waals surface area contributed by atoms with E-state index in [4.69, 9.17) is 5.73 Å². The summed E-state index contributed by atoms with van der Waals surface area (Å²) in [5, 5.41) is 0. The molecule has 0 aliphatic rings. The highest BCUT2D eigenvalue weighted by molar-refractivity contribution is 5.76. The number of para-hydroxylation sites is 1. The summed E-state index contributed by atoms with van der Waals surface area (Å²) in [6, 6.07) is 16.5. The van der Waals surface area contributed by atoms with Crippen LogP contribution in [-0.4, -0.2) is 0 Å². The number of hydrogen-bond donors (Lipinski definition) is 1. The van der Waals surface area contributed by atoms with Crippen LogP contribution in [0.4, 0.5) is 5.69 Å². The van der Waals surface area contributed by atoms with E-state index in [2.05, 4.69) is 37.3 Å². The summed E-state index contributed by atoms with van der Waals surface area (Å²) in [6.45, 7) is 2.16. The molecule has 0 amide bonds. The van der Waals surface area contributed by atoms with Gasteiger partial charge in [0.1, 0.15) is 0 Å². The monoisotopic (exact) mass is 199 g/mol. The molecule has 0 radical (unpaired) electrons. The third-order valence-corrected chi connectivity index (χ3v) is 2.61. The van der Waals surface area contributed by atoms with Gasteiger partial charge in [0.15, 0.2) is 0 Å². The highest BCUT2D eigenvalue weighted by atomic mass is 14.6. The van der Waals surface area contributed by atoms with Crippen molar-refractivity contribution in [1.82, 2.24) is 0 Å². The second-order valence-electron chi connectivity index (χ2n) is 3.64. The van der Waals surface area contributed by atoms with E-state index < -0.39 is 0 Å². The molecule has 78 valence electrons. The summed E-state index contributed by atoms with van der Waals surface area (Å²) in [6.07, 6.45) is 1.06. The molecule has 0 saturated carbocycles. The molecular formula is C14H17N. The van der Waals surface area contributed by atoms with Gasteiger partial charge in [-0.25, -0.2) is 0 Å². The van der Waals surface area contributed by atoms with Crippen LogP contribution in [0.25, 0.3) is 11.1 Å². The minimum Gasteiger partial charge on any atom is -0.398 e. The van der Waals surface area contributed by atoms with E-state index in [1.165, 1.54) is 11.1 Å². The molecule has 1 nitrogen and oxygen atoms in total. The van der Waals surface area contributed by atoms with Crippen LogP contribution in [0, 0.1) is 0 Å². The third-order valence-electron chi connectivity index (χ3n) is 2.61. The molecular weight excluding hydrogens is 182 g/mol. The second-order valence-corrected chi connectivity index (χ2v) is 3.64. The number of anilines is 1. The number of nitrogen functional groups attached to an aromatic ring is 1. The third kappa shape index (κ3) is 2.01. The topological polar surface area (TPSA) is 26.0 Å². The molecule has 0 heterocycles. The van der Waals surface area contributed by atoms with E-state index >= 15 is 0 Å². The Kier molecular flexibility index (Phi) is 2.72. The van der Waals surface area contributed by atoms with Crippen LogP contribution in [-0.2, 0) is 6.42 Å². The van der Waals surface area contributed by atoms with Gasteiger partial charge in [-0.15, -0.1) is 0 Å². The van der Waals surface area contributed by atoms with Crippen LogP contribution >= 0.6 is 0 Å². The number of benzene rings is 2. The zero-order valence-corrected chi connectivity index (χ0v) is 8.90. The van der Waals surface area contributed by atoms with Crippen LogP contribution < -0.4 is 5.73 Å². The number of nitrogens with two attached hydrogens (primary N) is 1. The van der Waals surface area contributed by atoms with Crippen molar-refractivity contribution < 1.29 is 1.43 Å². The quantitative estimate of drug-likeness (QED) is 0.732. The molecule has 1 heteroatoms. The zero-order valence-electron chi connectivity index (χ0n) is 8.90. The van der Waals surface area contributed by atoms with Crippen molar-refractivity contribution in [2.24, 2.45) is 0 Å². The largest absolute Gasteiger partial charge is 0.398 e. The van der Waals surface area contributed by atoms with Crippen molar-refractivity contribution in [3.63, 3.8) is 0 Å². The first kappa shape index (κ1) is 9.78. The molecule has 0 atom stereocenters. The van der Waals surface area contributed by atoms with Gasteiger partial charge in [0, 0.05) is 12.7 Å². The van der Waals surface area contributed by atoms with Crippen molar-refractivity contribution in [1.29, 1.82) is 0 Å². The summed E-state index contributed by atoms with van der Waals surface area (Å²) in [4.78, 5) is 0. The smallest absolute Gasteiger partial charge is 0.0393 e. The Hall–Kier alpha value is -1.76. The summed E-state index contributed by atoms with van der Waals surface area (Å²) >= 11 is 0. The van der Waals surface area contributed by atoms with Crippen LogP contribution in [0.3, 0.4) is 0 Å². The molecule has 0 unspecified atom stereocenters. The van der Waals surface area contributed by atoms with E-state index in [0.29, 0.717) is 0 Å². The maximum absolute atomic E-state index is 5.94. The lowest BCUT2D eigenvalue weighted by atomic mass is 10.0. The van der Waals surface area contributed by atoms with Gasteiger partial charge >= 0.3 is 0 Å². The number of aryl methyl sites for hydroxylation is 1. The lowest BCUT2D eigenvalue weighted by Crippen LogP contribution is -1.89. The lowest BCUT2D eigenvalue weighted by Gasteiger charge is -2.06. The van der Waals surface area contributed by atoms with Crippen molar-refractivity contribution >= 4 is 5.69 Å². The molecule has 0 bridgehead atoms. The fraction of sp³-hybridized carbons (Fsp3) is 0.143. The van der Waals surface area contributed by atoms with Crippen LogP contribution in [0.5, 0.6) is 0 Å². The maximum atomic E-state index is 5.94. The Morgan fingerprint density at radius 3 is 2.60 bits per heavy atom. The van der Waals surface area contributed by atoms with Gasteiger partial charge in [-0.2, -0.15) is 0 Å². The zero-order chi connectivity index (χ0) is 10.7. The first-order valence-corrected chi connectivity index (χ1v) is 5.25. The predicted molar refractivity (Wildman–Crippen MR) is 67.8 cm³/mol. The predicted octanol–water partition coefficient (Wildman–Crippen LogP) is 3.74. The number of hydrogen-bond acceptors (Lipinski definition) is 1. The van der Waals surface area contributed by atoms with Crippen LogP contribution in [0.2, 0.25) is 0 Å². The first-order chi connectivity index (χ1) is 7.31. The molecule has 0 saturated heterocycles. The van der Waals surface area contributed by atoms with Gasteiger partial charge in [0.05, 0.1) is 0 Å². The minimum absolute atomic E-state index is 0. The lowest BCUT2D eigenvalue weighted by molar-refractivity contribution is 1.14. The van der Waals surface area contributed by atoms with Crippen LogP contribution in [0.15, 0.2) is 48.5 Å². The summed E-state index contributed by atoms with van der Waals surface area (Å²) in [7, 11) is 0. The molecule has 0 aliphatic carbocycles. The summed E-state index contributed by atoms with van der Waals surface area (Å²) < 4.78 is 0. The molecule has 2 rings (SSSR count). The van der Waals surface area contributed by atoms with Crippen molar-refractivity contribution in [2.75, 3.05) is 5.73 Å². The van der Waals surface area contributed by atoms with Crippen LogP contribution in [0.1, 0.15) is 13.9 Å². The number of rotatable bonds is 2. The van der Waals surface area contributed by atoms with Crippen molar-refractivity contribution in [2.45, 2.75) is 13.3 Å². The Balaban J connectivity index is 0.00000128. The summed E-state index contributed by atoms with van der Waals surface area (Å²) in [5.41, 5.74) is 10.4. The molecule has 2 aromatic carbocycles. The fourth-order valence-electron chi connectivity index (χ4n) is 1.72. The molecule has 0 spiro atoms. The highest BCUT2D eigenvalue weighted by Crippen LogP contribution is 2.25. The fourth-order valence-corrected chi connectivity index (χ4v) is 1.72. The van der Waals surface area contributed by atoms with Gasteiger partial charge < -0.3 is 5.73 Å². The van der Waals surface area contributed by atoms with Crippen molar-refractivity contribution in [3.8, 4) is 11.1 Å².